The van der Waals surface area contributed by atoms with Crippen molar-refractivity contribution in [2.45, 2.75) is 36.9 Å². The van der Waals surface area contributed by atoms with Gasteiger partial charge in [0.15, 0.2) is 0 Å². The number of hydrogen-bond acceptors (Lipinski definition) is 0. The Morgan fingerprint density at radius 1 is 1.38 bits per heavy atom. The second-order valence-electron chi connectivity index (χ2n) is 4.53. The molecule has 3 heteroatoms. The Morgan fingerprint density at radius 2 is 2.19 bits per heavy atom. The summed E-state index contributed by atoms with van der Waals surface area (Å²) in [7, 11) is 0. The molecule has 1 aliphatic carbocycles. The van der Waals surface area contributed by atoms with Crippen LogP contribution in [0.1, 0.15) is 31.2 Å². The van der Waals surface area contributed by atoms with E-state index in [-0.39, 0.29) is 5.82 Å². The summed E-state index contributed by atoms with van der Waals surface area (Å²) in [6.07, 6.45) is 5.55. The van der Waals surface area contributed by atoms with Gasteiger partial charge in [0, 0.05) is 15.4 Å². The van der Waals surface area contributed by atoms with Gasteiger partial charge in [-0.15, -0.1) is 0 Å². The van der Waals surface area contributed by atoms with Gasteiger partial charge in [0.25, 0.3) is 0 Å². The van der Waals surface area contributed by atoms with Crippen LogP contribution in [0.2, 0.25) is 5.02 Å². The van der Waals surface area contributed by atoms with Crippen LogP contribution in [0.5, 0.6) is 0 Å². The third-order valence-electron chi connectivity index (χ3n) is 3.27. The quantitative estimate of drug-likeness (QED) is 0.676. The molecule has 0 N–H and O–H groups in total. The summed E-state index contributed by atoms with van der Waals surface area (Å²) in [5.74, 6) is 0.400. The van der Waals surface area contributed by atoms with E-state index in [0.717, 1.165) is 12.8 Å². The molecule has 0 radical (unpaired) electrons. The molecule has 0 heterocycles. The van der Waals surface area contributed by atoms with E-state index < -0.39 is 0 Å². The first-order chi connectivity index (χ1) is 7.66. The van der Waals surface area contributed by atoms with Gasteiger partial charge in [-0.2, -0.15) is 0 Å². The highest BCUT2D eigenvalue weighted by Crippen LogP contribution is 2.33. The first-order valence-corrected chi connectivity index (χ1v) is 7.03. The van der Waals surface area contributed by atoms with E-state index in [1.54, 1.807) is 12.1 Å². The molecule has 0 aromatic heterocycles. The number of halogens is 3. The minimum absolute atomic E-state index is 0.163. The summed E-state index contributed by atoms with van der Waals surface area (Å²) in [4.78, 5) is 0.594. The Kier molecular flexibility index (Phi) is 4.26. The van der Waals surface area contributed by atoms with Crippen molar-refractivity contribution in [1.82, 2.24) is 0 Å². The lowest BCUT2D eigenvalue weighted by Gasteiger charge is -2.26. The number of hydrogen-bond donors (Lipinski definition) is 0. The van der Waals surface area contributed by atoms with Crippen molar-refractivity contribution in [2.75, 3.05) is 0 Å². The Labute approximate surface area is 109 Å². The number of benzene rings is 1. The molecule has 1 aromatic rings. The van der Waals surface area contributed by atoms with Crippen molar-refractivity contribution >= 4 is 27.5 Å². The van der Waals surface area contributed by atoms with Gasteiger partial charge in [-0.3, -0.25) is 0 Å². The largest absolute Gasteiger partial charge is 0.207 e. The van der Waals surface area contributed by atoms with Crippen molar-refractivity contribution < 1.29 is 4.39 Å². The summed E-state index contributed by atoms with van der Waals surface area (Å²) < 4.78 is 13.6. The zero-order valence-corrected chi connectivity index (χ0v) is 11.4. The van der Waals surface area contributed by atoms with Crippen molar-refractivity contribution in [1.29, 1.82) is 0 Å². The lowest BCUT2D eigenvalue weighted by atomic mass is 9.84. The molecule has 0 bridgehead atoms. The molecule has 0 amide bonds. The molecular formula is C13H15BrClF. The zero-order chi connectivity index (χ0) is 11.5. The average Bonchev–Trinajstić information content (AvgIpc) is 2.24. The van der Waals surface area contributed by atoms with Crippen LogP contribution >= 0.6 is 27.5 Å². The highest BCUT2D eigenvalue weighted by Gasteiger charge is 2.22. The van der Waals surface area contributed by atoms with Gasteiger partial charge in [0.2, 0.25) is 0 Å². The lowest BCUT2D eigenvalue weighted by Crippen LogP contribution is -2.17. The van der Waals surface area contributed by atoms with Gasteiger partial charge in [-0.25, -0.2) is 4.39 Å². The van der Waals surface area contributed by atoms with Gasteiger partial charge in [-0.1, -0.05) is 46.4 Å². The van der Waals surface area contributed by atoms with Crippen LogP contribution in [-0.4, -0.2) is 4.83 Å². The molecule has 1 fully saturated rings. The first-order valence-electron chi connectivity index (χ1n) is 5.73. The smallest absolute Gasteiger partial charge is 0.127 e. The summed E-state index contributed by atoms with van der Waals surface area (Å²) >= 11 is 9.69. The maximum Gasteiger partial charge on any atom is 0.127 e. The Hall–Kier alpha value is -0.0800. The molecule has 2 atom stereocenters. The molecule has 0 nitrogen and oxygen atoms in total. The third kappa shape index (κ3) is 2.98. The Bertz CT molecular complexity index is 347. The average molecular weight is 306 g/mol. The molecule has 16 heavy (non-hydrogen) atoms. The first kappa shape index (κ1) is 12.4. The van der Waals surface area contributed by atoms with Crippen LogP contribution in [0, 0.1) is 11.7 Å². The van der Waals surface area contributed by atoms with Crippen molar-refractivity contribution in [3.63, 3.8) is 0 Å². The van der Waals surface area contributed by atoms with Gasteiger partial charge >= 0.3 is 0 Å². The molecule has 1 aliphatic rings. The maximum atomic E-state index is 13.6. The molecule has 2 rings (SSSR count). The molecule has 0 spiro atoms. The van der Waals surface area contributed by atoms with Crippen molar-refractivity contribution in [2.24, 2.45) is 5.92 Å². The summed E-state index contributed by atoms with van der Waals surface area (Å²) in [5, 5.41) is 0.566. The van der Waals surface area contributed by atoms with E-state index in [2.05, 4.69) is 15.9 Å². The molecule has 0 aliphatic heterocycles. The van der Waals surface area contributed by atoms with Crippen molar-refractivity contribution in [3.8, 4) is 0 Å². The SMILES string of the molecule is Fc1cccc(Cl)c1CC1CCCC(Br)C1. The maximum absolute atomic E-state index is 13.6. The summed E-state index contributed by atoms with van der Waals surface area (Å²) in [5.41, 5.74) is 0.691. The second kappa shape index (κ2) is 5.50. The fourth-order valence-corrected chi connectivity index (χ4v) is 3.52. The van der Waals surface area contributed by atoms with E-state index in [9.17, 15) is 4.39 Å². The Morgan fingerprint density at radius 3 is 2.88 bits per heavy atom. The zero-order valence-electron chi connectivity index (χ0n) is 9.06. The minimum Gasteiger partial charge on any atom is -0.207 e. The molecule has 1 aromatic carbocycles. The molecule has 88 valence electrons. The van der Waals surface area contributed by atoms with Crippen LogP contribution in [-0.2, 0) is 6.42 Å². The summed E-state index contributed by atoms with van der Waals surface area (Å²) in [6, 6.07) is 4.93. The fraction of sp³-hybridized carbons (Fsp3) is 0.538. The van der Waals surface area contributed by atoms with Crippen molar-refractivity contribution in [3.05, 3.63) is 34.6 Å². The normalized spacial score (nSPS) is 25.7. The van der Waals surface area contributed by atoms with Gasteiger partial charge < -0.3 is 0 Å². The van der Waals surface area contributed by atoms with E-state index in [0.29, 0.717) is 21.3 Å². The van der Waals surface area contributed by atoms with E-state index >= 15 is 0 Å². The molecule has 0 saturated heterocycles. The van der Waals surface area contributed by atoms with Crippen LogP contribution in [0.4, 0.5) is 4.39 Å². The minimum atomic E-state index is -0.163. The van der Waals surface area contributed by atoms with Crippen LogP contribution in [0.15, 0.2) is 18.2 Å². The van der Waals surface area contributed by atoms with E-state index in [1.807, 2.05) is 0 Å². The molecule has 2 unspecified atom stereocenters. The van der Waals surface area contributed by atoms with E-state index in [4.69, 9.17) is 11.6 Å². The lowest BCUT2D eigenvalue weighted by molar-refractivity contribution is 0.364. The predicted octanol–water partition coefficient (Wildman–Crippen LogP) is 4.98. The summed E-state index contributed by atoms with van der Waals surface area (Å²) in [6.45, 7) is 0. The predicted molar refractivity (Wildman–Crippen MR) is 69.8 cm³/mol. The number of alkyl halides is 1. The van der Waals surface area contributed by atoms with Crippen LogP contribution < -0.4 is 0 Å². The van der Waals surface area contributed by atoms with Crippen LogP contribution in [0.3, 0.4) is 0 Å². The van der Waals surface area contributed by atoms with Gasteiger partial charge in [0.1, 0.15) is 5.82 Å². The monoisotopic (exact) mass is 304 g/mol. The van der Waals surface area contributed by atoms with E-state index in [1.165, 1.54) is 25.3 Å². The van der Waals surface area contributed by atoms with Crippen LogP contribution in [0.25, 0.3) is 0 Å². The fourth-order valence-electron chi connectivity index (χ4n) is 2.43. The molecular weight excluding hydrogens is 290 g/mol. The highest BCUT2D eigenvalue weighted by molar-refractivity contribution is 9.09. The Balaban J connectivity index is 2.08. The van der Waals surface area contributed by atoms with Gasteiger partial charge in [0.05, 0.1) is 0 Å². The number of rotatable bonds is 2. The standard InChI is InChI=1S/C13H15BrClF/c14-10-4-1-3-9(7-10)8-11-12(15)5-2-6-13(11)16/h2,5-6,9-10H,1,3-4,7-8H2. The molecule has 1 saturated carbocycles. The third-order valence-corrected chi connectivity index (χ3v) is 4.46. The van der Waals surface area contributed by atoms with Gasteiger partial charge in [-0.05, 0) is 37.3 Å². The highest BCUT2D eigenvalue weighted by atomic mass is 79.9. The topological polar surface area (TPSA) is 0 Å². The second-order valence-corrected chi connectivity index (χ2v) is 6.24.